The molecular formula is C7H15N5. The van der Waals surface area contributed by atoms with E-state index in [2.05, 4.69) is 21.4 Å². The maximum absolute atomic E-state index is 8.66. The molecule has 0 spiro atoms. The second kappa shape index (κ2) is 6.58. The second-order valence-corrected chi connectivity index (χ2v) is 2.36. The SMILES string of the molecule is CN/N=C(/C#N)C(C)CNNC. The summed E-state index contributed by atoms with van der Waals surface area (Å²) in [6.07, 6.45) is 0. The highest BCUT2D eigenvalue weighted by molar-refractivity contribution is 5.99. The van der Waals surface area contributed by atoms with Crippen molar-refractivity contribution in [2.75, 3.05) is 20.6 Å². The van der Waals surface area contributed by atoms with Crippen molar-refractivity contribution in [1.29, 1.82) is 5.26 Å². The standard InChI is InChI=1S/C7H15N5/c1-6(5-11-9-2)7(4-8)12-10-3/h6,9-11H,5H2,1-3H3/b12-7-. The zero-order valence-electron chi connectivity index (χ0n) is 7.68. The van der Waals surface area contributed by atoms with Crippen molar-refractivity contribution in [3.63, 3.8) is 0 Å². The molecule has 0 aliphatic rings. The predicted octanol–water partition coefficient (Wildman–Crippen LogP) is -0.555. The number of hydrogen-bond acceptors (Lipinski definition) is 5. The lowest BCUT2D eigenvalue weighted by atomic mass is 10.1. The topological polar surface area (TPSA) is 72.2 Å². The van der Waals surface area contributed by atoms with E-state index in [0.717, 1.165) is 0 Å². The van der Waals surface area contributed by atoms with Gasteiger partial charge in [0.2, 0.25) is 0 Å². The number of nitriles is 1. The molecule has 0 radical (unpaired) electrons. The summed E-state index contributed by atoms with van der Waals surface area (Å²) in [5.74, 6) is 0.106. The van der Waals surface area contributed by atoms with E-state index in [1.54, 1.807) is 14.1 Å². The lowest BCUT2D eigenvalue weighted by Gasteiger charge is -2.08. The first-order chi connectivity index (χ1) is 5.76. The van der Waals surface area contributed by atoms with E-state index >= 15 is 0 Å². The molecule has 1 atom stereocenters. The third-order valence-electron chi connectivity index (χ3n) is 1.40. The van der Waals surface area contributed by atoms with Crippen LogP contribution in [0.3, 0.4) is 0 Å². The van der Waals surface area contributed by atoms with Crippen LogP contribution in [-0.4, -0.2) is 26.4 Å². The van der Waals surface area contributed by atoms with Gasteiger partial charge in [-0.2, -0.15) is 10.4 Å². The fourth-order valence-electron chi connectivity index (χ4n) is 0.718. The highest BCUT2D eigenvalue weighted by Gasteiger charge is 2.08. The van der Waals surface area contributed by atoms with Crippen LogP contribution in [0.1, 0.15) is 6.92 Å². The van der Waals surface area contributed by atoms with Gasteiger partial charge in [0.15, 0.2) is 0 Å². The minimum Gasteiger partial charge on any atom is -0.312 e. The van der Waals surface area contributed by atoms with E-state index in [0.29, 0.717) is 12.3 Å². The lowest BCUT2D eigenvalue weighted by molar-refractivity contribution is 0.549. The Morgan fingerprint density at radius 2 is 2.25 bits per heavy atom. The second-order valence-electron chi connectivity index (χ2n) is 2.36. The molecule has 68 valence electrons. The van der Waals surface area contributed by atoms with Gasteiger partial charge in [-0.05, 0) is 7.05 Å². The van der Waals surface area contributed by atoms with Gasteiger partial charge in [-0.25, -0.2) is 0 Å². The number of hydrogen-bond donors (Lipinski definition) is 3. The number of nitrogens with zero attached hydrogens (tertiary/aromatic N) is 2. The molecule has 1 unspecified atom stereocenters. The quantitative estimate of drug-likeness (QED) is 0.381. The molecule has 0 aromatic carbocycles. The van der Waals surface area contributed by atoms with Crippen molar-refractivity contribution < 1.29 is 0 Å². The van der Waals surface area contributed by atoms with Crippen LogP contribution in [0.25, 0.3) is 0 Å². The van der Waals surface area contributed by atoms with Gasteiger partial charge in [0.25, 0.3) is 0 Å². The Balaban J connectivity index is 3.96. The Morgan fingerprint density at radius 1 is 1.58 bits per heavy atom. The van der Waals surface area contributed by atoms with Crippen LogP contribution in [0.15, 0.2) is 5.10 Å². The Hall–Kier alpha value is -1.12. The molecule has 3 N–H and O–H groups in total. The lowest BCUT2D eigenvalue weighted by Crippen LogP contribution is -2.34. The first-order valence-corrected chi connectivity index (χ1v) is 3.80. The van der Waals surface area contributed by atoms with Crippen molar-refractivity contribution in [2.24, 2.45) is 11.0 Å². The molecule has 0 amide bonds. The van der Waals surface area contributed by atoms with Crippen LogP contribution in [0, 0.1) is 17.2 Å². The monoisotopic (exact) mass is 169 g/mol. The smallest absolute Gasteiger partial charge is 0.141 e. The Bertz CT molecular complexity index is 181. The Morgan fingerprint density at radius 3 is 2.67 bits per heavy atom. The van der Waals surface area contributed by atoms with E-state index in [-0.39, 0.29) is 5.92 Å². The first kappa shape index (κ1) is 10.9. The van der Waals surface area contributed by atoms with Crippen LogP contribution in [0.5, 0.6) is 0 Å². The van der Waals surface area contributed by atoms with Crippen molar-refractivity contribution in [1.82, 2.24) is 16.3 Å². The van der Waals surface area contributed by atoms with E-state index in [9.17, 15) is 0 Å². The van der Waals surface area contributed by atoms with Gasteiger partial charge in [0.1, 0.15) is 11.8 Å². The summed E-state index contributed by atoms with van der Waals surface area (Å²) in [7, 11) is 3.46. The molecule has 0 saturated carbocycles. The fraction of sp³-hybridized carbons (Fsp3) is 0.714. The van der Waals surface area contributed by atoms with E-state index in [1.165, 1.54) is 0 Å². The number of hydrazine groups is 1. The molecule has 12 heavy (non-hydrogen) atoms. The molecule has 0 rings (SSSR count). The van der Waals surface area contributed by atoms with Crippen LogP contribution in [0.2, 0.25) is 0 Å². The van der Waals surface area contributed by atoms with Crippen molar-refractivity contribution in [2.45, 2.75) is 6.92 Å². The highest BCUT2D eigenvalue weighted by atomic mass is 15.3. The zero-order valence-corrected chi connectivity index (χ0v) is 7.68. The van der Waals surface area contributed by atoms with Crippen LogP contribution < -0.4 is 16.3 Å². The van der Waals surface area contributed by atoms with E-state index in [4.69, 9.17) is 5.26 Å². The summed E-state index contributed by atoms with van der Waals surface area (Å²) in [6.45, 7) is 2.62. The fourth-order valence-corrected chi connectivity index (χ4v) is 0.718. The Labute approximate surface area is 72.8 Å². The van der Waals surface area contributed by atoms with Crippen LogP contribution in [0.4, 0.5) is 0 Å². The zero-order chi connectivity index (χ0) is 9.40. The third-order valence-corrected chi connectivity index (χ3v) is 1.40. The normalized spacial score (nSPS) is 13.7. The van der Waals surface area contributed by atoms with Gasteiger partial charge in [-0.1, -0.05) is 6.92 Å². The molecular weight excluding hydrogens is 154 g/mol. The van der Waals surface area contributed by atoms with Gasteiger partial charge < -0.3 is 5.43 Å². The molecule has 0 saturated heterocycles. The molecule has 0 aliphatic heterocycles. The summed E-state index contributed by atoms with van der Waals surface area (Å²) < 4.78 is 0. The summed E-state index contributed by atoms with van der Waals surface area (Å²) in [5.41, 5.74) is 8.79. The molecule has 0 fully saturated rings. The summed E-state index contributed by atoms with van der Waals surface area (Å²) >= 11 is 0. The molecule has 0 aliphatic carbocycles. The average Bonchev–Trinajstić information content (AvgIpc) is 2.10. The maximum atomic E-state index is 8.66. The highest BCUT2D eigenvalue weighted by Crippen LogP contribution is 1.94. The van der Waals surface area contributed by atoms with Gasteiger partial charge in [0, 0.05) is 19.5 Å². The summed E-state index contributed by atoms with van der Waals surface area (Å²) in [4.78, 5) is 0. The maximum Gasteiger partial charge on any atom is 0.141 e. The summed E-state index contributed by atoms with van der Waals surface area (Å²) in [5, 5.41) is 12.5. The largest absolute Gasteiger partial charge is 0.312 e. The van der Waals surface area contributed by atoms with Gasteiger partial charge in [0.05, 0.1) is 0 Å². The minimum atomic E-state index is 0.106. The number of nitrogens with one attached hydrogen (secondary N) is 3. The third kappa shape index (κ3) is 3.91. The van der Waals surface area contributed by atoms with Crippen molar-refractivity contribution in [3.05, 3.63) is 0 Å². The molecule has 5 nitrogen and oxygen atoms in total. The van der Waals surface area contributed by atoms with Gasteiger partial charge in [-0.15, -0.1) is 0 Å². The van der Waals surface area contributed by atoms with Crippen molar-refractivity contribution >= 4 is 5.71 Å². The number of hydrazone groups is 1. The minimum absolute atomic E-state index is 0.106. The van der Waals surface area contributed by atoms with Crippen molar-refractivity contribution in [3.8, 4) is 6.07 Å². The molecule has 0 aromatic heterocycles. The average molecular weight is 169 g/mol. The predicted molar refractivity (Wildman–Crippen MR) is 48.3 cm³/mol. The molecule has 0 aromatic rings. The summed E-state index contributed by atoms with van der Waals surface area (Å²) in [6, 6.07) is 2.03. The molecule has 0 bridgehead atoms. The van der Waals surface area contributed by atoms with Crippen LogP contribution >= 0.6 is 0 Å². The van der Waals surface area contributed by atoms with E-state index < -0.39 is 0 Å². The van der Waals surface area contributed by atoms with Gasteiger partial charge >= 0.3 is 0 Å². The molecule has 5 heteroatoms. The molecule has 0 heterocycles. The van der Waals surface area contributed by atoms with Gasteiger partial charge in [-0.3, -0.25) is 10.9 Å². The van der Waals surface area contributed by atoms with Crippen LogP contribution in [-0.2, 0) is 0 Å². The Kier molecular flexibility index (Phi) is 5.97. The first-order valence-electron chi connectivity index (χ1n) is 3.80. The number of rotatable bonds is 5. The van der Waals surface area contributed by atoms with E-state index in [1.807, 2.05) is 13.0 Å².